The largest absolute Gasteiger partial charge is 0.466 e. The summed E-state index contributed by atoms with van der Waals surface area (Å²) in [7, 11) is 0. The van der Waals surface area contributed by atoms with Crippen molar-refractivity contribution in [1.29, 1.82) is 0 Å². The van der Waals surface area contributed by atoms with Gasteiger partial charge >= 0.3 is 5.97 Å². The number of esters is 1. The van der Waals surface area contributed by atoms with Gasteiger partial charge in [-0.15, -0.1) is 0 Å². The van der Waals surface area contributed by atoms with E-state index in [9.17, 15) is 23.2 Å². The van der Waals surface area contributed by atoms with Crippen LogP contribution in [0.1, 0.15) is 44.6 Å². The lowest BCUT2D eigenvalue weighted by Crippen LogP contribution is -2.52. The van der Waals surface area contributed by atoms with Crippen molar-refractivity contribution in [2.75, 3.05) is 32.8 Å². The summed E-state index contributed by atoms with van der Waals surface area (Å²) in [5.74, 6) is -1.94. The molecule has 0 saturated carbocycles. The molecule has 0 aliphatic carbocycles. The third kappa shape index (κ3) is 4.96. The number of carbonyl (C=O) groups is 3. The van der Waals surface area contributed by atoms with Gasteiger partial charge in [0.2, 0.25) is 11.8 Å². The normalized spacial score (nSPS) is 21.8. The minimum atomic E-state index is -1.08. The second-order valence-corrected chi connectivity index (χ2v) is 8.07. The highest BCUT2D eigenvalue weighted by atomic mass is 19.1. The van der Waals surface area contributed by atoms with Gasteiger partial charge in [-0.3, -0.25) is 14.4 Å². The summed E-state index contributed by atoms with van der Waals surface area (Å²) in [6, 6.07) is 3.30. The Balaban J connectivity index is 1.74. The second-order valence-electron chi connectivity index (χ2n) is 8.07. The van der Waals surface area contributed by atoms with Crippen molar-refractivity contribution in [2.24, 2.45) is 5.41 Å². The van der Waals surface area contributed by atoms with Crippen molar-refractivity contribution in [2.45, 2.75) is 45.4 Å². The fraction of sp³-hybridized carbons (Fsp3) is 0.591. The summed E-state index contributed by atoms with van der Waals surface area (Å²) in [5.41, 5.74) is -0.854. The van der Waals surface area contributed by atoms with E-state index in [1.54, 1.807) is 16.7 Å². The highest BCUT2D eigenvalue weighted by Crippen LogP contribution is 2.36. The lowest BCUT2D eigenvalue weighted by Gasteiger charge is -2.41. The maximum absolute atomic E-state index is 14.3. The van der Waals surface area contributed by atoms with Gasteiger partial charge in [0, 0.05) is 45.1 Å². The number of likely N-dealkylation sites (tertiary alicyclic amines) is 2. The quantitative estimate of drug-likeness (QED) is 0.634. The predicted molar refractivity (Wildman–Crippen MR) is 105 cm³/mol. The standard InChI is InChI=1S/C22H28F2N2O4/c1-2-30-21(29)22(14-16-6-7-17(23)13-18(16)24)9-4-11-26(15-22)20(28)8-12-25-10-3-5-19(25)27/h6-7,13H,2-5,8-12,14-15H2,1H3. The molecule has 6 nitrogen and oxygen atoms in total. The van der Waals surface area contributed by atoms with Gasteiger partial charge in [-0.2, -0.15) is 0 Å². The second kappa shape index (κ2) is 9.53. The molecule has 0 N–H and O–H groups in total. The lowest BCUT2D eigenvalue weighted by atomic mass is 9.74. The average molecular weight is 422 g/mol. The predicted octanol–water partition coefficient (Wildman–Crippen LogP) is 2.69. The molecule has 164 valence electrons. The van der Waals surface area contributed by atoms with Crippen molar-refractivity contribution in [3.05, 3.63) is 35.4 Å². The number of amides is 2. The highest BCUT2D eigenvalue weighted by molar-refractivity contribution is 5.82. The molecular formula is C22H28F2N2O4. The van der Waals surface area contributed by atoms with Crippen molar-refractivity contribution in [3.8, 4) is 0 Å². The van der Waals surface area contributed by atoms with Gasteiger partial charge in [-0.05, 0) is 44.2 Å². The van der Waals surface area contributed by atoms with E-state index in [1.807, 2.05) is 0 Å². The average Bonchev–Trinajstić information content (AvgIpc) is 3.13. The Morgan fingerprint density at radius 3 is 2.67 bits per heavy atom. The van der Waals surface area contributed by atoms with Gasteiger partial charge in [0.15, 0.2) is 0 Å². The van der Waals surface area contributed by atoms with Gasteiger partial charge in [0.25, 0.3) is 0 Å². The van der Waals surface area contributed by atoms with Crippen LogP contribution in [-0.2, 0) is 25.5 Å². The zero-order chi connectivity index (χ0) is 21.7. The molecule has 0 spiro atoms. The van der Waals surface area contributed by atoms with Crippen LogP contribution in [0.3, 0.4) is 0 Å². The van der Waals surface area contributed by atoms with Crippen LogP contribution in [0, 0.1) is 17.0 Å². The molecule has 2 amide bonds. The summed E-state index contributed by atoms with van der Waals surface area (Å²) in [5, 5.41) is 0. The van der Waals surface area contributed by atoms with Crippen LogP contribution in [0.25, 0.3) is 0 Å². The lowest BCUT2D eigenvalue weighted by molar-refractivity contribution is -0.160. The van der Waals surface area contributed by atoms with Gasteiger partial charge in [-0.25, -0.2) is 8.78 Å². The van der Waals surface area contributed by atoms with Crippen LogP contribution in [0.2, 0.25) is 0 Å². The Bertz CT molecular complexity index is 816. The van der Waals surface area contributed by atoms with Crippen LogP contribution in [0.5, 0.6) is 0 Å². The summed E-state index contributed by atoms with van der Waals surface area (Å²) in [4.78, 5) is 40.7. The Kier molecular flexibility index (Phi) is 7.05. The molecule has 2 saturated heterocycles. The molecule has 0 radical (unpaired) electrons. The fourth-order valence-corrected chi connectivity index (χ4v) is 4.37. The summed E-state index contributed by atoms with van der Waals surface area (Å²) in [6.45, 7) is 3.53. The monoisotopic (exact) mass is 422 g/mol. The zero-order valence-electron chi connectivity index (χ0n) is 17.3. The topological polar surface area (TPSA) is 66.9 Å². The maximum Gasteiger partial charge on any atom is 0.314 e. The fourth-order valence-electron chi connectivity index (χ4n) is 4.37. The zero-order valence-corrected chi connectivity index (χ0v) is 17.3. The first-order chi connectivity index (χ1) is 14.3. The van der Waals surface area contributed by atoms with E-state index in [4.69, 9.17) is 4.74 Å². The minimum Gasteiger partial charge on any atom is -0.466 e. The first-order valence-corrected chi connectivity index (χ1v) is 10.5. The number of nitrogens with zero attached hydrogens (tertiary/aromatic N) is 2. The molecular weight excluding hydrogens is 394 g/mol. The molecule has 2 fully saturated rings. The van der Waals surface area contributed by atoms with E-state index in [-0.39, 0.29) is 43.4 Å². The molecule has 1 atom stereocenters. The van der Waals surface area contributed by atoms with E-state index >= 15 is 0 Å². The van der Waals surface area contributed by atoms with Crippen LogP contribution in [0.4, 0.5) is 8.78 Å². The van der Waals surface area contributed by atoms with E-state index in [1.165, 1.54) is 6.07 Å². The molecule has 30 heavy (non-hydrogen) atoms. The van der Waals surface area contributed by atoms with Crippen molar-refractivity contribution in [1.82, 2.24) is 9.80 Å². The van der Waals surface area contributed by atoms with E-state index in [0.29, 0.717) is 38.9 Å². The number of halogens is 2. The van der Waals surface area contributed by atoms with Gasteiger partial charge in [-0.1, -0.05) is 6.07 Å². The van der Waals surface area contributed by atoms with Gasteiger partial charge < -0.3 is 14.5 Å². The third-order valence-corrected chi connectivity index (χ3v) is 5.95. The van der Waals surface area contributed by atoms with Crippen LogP contribution < -0.4 is 0 Å². The Morgan fingerprint density at radius 2 is 2.00 bits per heavy atom. The van der Waals surface area contributed by atoms with Gasteiger partial charge in [0.1, 0.15) is 11.6 Å². The van der Waals surface area contributed by atoms with E-state index in [0.717, 1.165) is 18.6 Å². The Hall–Kier alpha value is -2.51. The number of carbonyl (C=O) groups excluding carboxylic acids is 3. The molecule has 1 aromatic carbocycles. The van der Waals surface area contributed by atoms with Crippen LogP contribution in [-0.4, -0.2) is 60.4 Å². The van der Waals surface area contributed by atoms with Crippen LogP contribution in [0.15, 0.2) is 18.2 Å². The van der Waals surface area contributed by atoms with E-state index in [2.05, 4.69) is 0 Å². The van der Waals surface area contributed by atoms with Crippen molar-refractivity contribution in [3.63, 3.8) is 0 Å². The molecule has 1 unspecified atom stereocenters. The SMILES string of the molecule is CCOC(=O)C1(Cc2ccc(F)cc2F)CCCN(C(=O)CCN2CCCC2=O)C1. The number of hydrogen-bond acceptors (Lipinski definition) is 4. The van der Waals surface area contributed by atoms with E-state index < -0.39 is 23.0 Å². The number of rotatable bonds is 7. The summed E-state index contributed by atoms with van der Waals surface area (Å²) in [6.07, 6.45) is 2.59. The summed E-state index contributed by atoms with van der Waals surface area (Å²) < 4.78 is 32.9. The smallest absolute Gasteiger partial charge is 0.314 e. The van der Waals surface area contributed by atoms with Crippen molar-refractivity contribution < 1.29 is 27.9 Å². The molecule has 2 heterocycles. The molecule has 0 aromatic heterocycles. The first-order valence-electron chi connectivity index (χ1n) is 10.5. The molecule has 2 aliphatic heterocycles. The maximum atomic E-state index is 14.3. The Labute approximate surface area is 175 Å². The number of piperidine rings is 1. The minimum absolute atomic E-state index is 0.0341. The molecule has 8 heteroatoms. The molecule has 3 rings (SSSR count). The first kappa shape index (κ1) is 22.2. The highest BCUT2D eigenvalue weighted by Gasteiger charge is 2.45. The Morgan fingerprint density at radius 1 is 1.20 bits per heavy atom. The molecule has 2 aliphatic rings. The third-order valence-electron chi connectivity index (χ3n) is 5.95. The molecule has 1 aromatic rings. The van der Waals surface area contributed by atoms with Crippen LogP contribution >= 0.6 is 0 Å². The number of benzene rings is 1. The van der Waals surface area contributed by atoms with Gasteiger partial charge in [0.05, 0.1) is 12.0 Å². The molecule has 0 bridgehead atoms. The summed E-state index contributed by atoms with van der Waals surface area (Å²) >= 11 is 0. The number of ether oxygens (including phenoxy) is 1. The van der Waals surface area contributed by atoms with Crippen molar-refractivity contribution >= 4 is 17.8 Å². The number of hydrogen-bond donors (Lipinski definition) is 0.